The minimum atomic E-state index is -0.141. The maximum atomic E-state index is 12.7. The summed E-state index contributed by atoms with van der Waals surface area (Å²) < 4.78 is 7.73. The second-order valence-electron chi connectivity index (χ2n) is 7.50. The average Bonchev–Trinajstić information content (AvgIpc) is 3.34. The van der Waals surface area contributed by atoms with E-state index in [9.17, 15) is 4.79 Å². The molecule has 172 valence electrons. The molecule has 0 aliphatic heterocycles. The summed E-state index contributed by atoms with van der Waals surface area (Å²) in [6.07, 6.45) is 3.46. The Morgan fingerprint density at radius 1 is 0.829 bits per heavy atom. The number of amides is 1. The van der Waals surface area contributed by atoms with Crippen LogP contribution in [0.3, 0.4) is 0 Å². The molecule has 1 amide bonds. The molecule has 8 heteroatoms. The number of ether oxygens (including phenoxy) is 1. The number of carbonyl (C=O) groups excluding carboxylic acids is 1. The van der Waals surface area contributed by atoms with Gasteiger partial charge in [0.2, 0.25) is 5.91 Å². The summed E-state index contributed by atoms with van der Waals surface area (Å²) in [4.78, 5) is 16.9. The van der Waals surface area contributed by atoms with E-state index in [1.165, 1.54) is 11.8 Å². The van der Waals surface area contributed by atoms with E-state index in [0.29, 0.717) is 22.4 Å². The fourth-order valence-electron chi connectivity index (χ4n) is 3.41. The molecule has 35 heavy (non-hydrogen) atoms. The minimum Gasteiger partial charge on any atom is -0.457 e. The summed E-state index contributed by atoms with van der Waals surface area (Å²) in [5.74, 6) is 2.16. The van der Waals surface area contributed by atoms with Crippen molar-refractivity contribution in [3.8, 4) is 28.6 Å². The van der Waals surface area contributed by atoms with Crippen molar-refractivity contribution < 1.29 is 9.53 Å². The quantitative estimate of drug-likeness (QED) is 0.281. The van der Waals surface area contributed by atoms with Gasteiger partial charge in [-0.3, -0.25) is 14.3 Å². The van der Waals surface area contributed by atoms with Crippen LogP contribution >= 0.6 is 11.8 Å². The Bertz CT molecular complexity index is 1390. The van der Waals surface area contributed by atoms with Gasteiger partial charge in [-0.05, 0) is 60.7 Å². The van der Waals surface area contributed by atoms with Crippen LogP contribution in [-0.2, 0) is 4.79 Å². The van der Waals surface area contributed by atoms with Crippen LogP contribution in [0.5, 0.6) is 11.5 Å². The van der Waals surface area contributed by atoms with Gasteiger partial charge in [0, 0.05) is 29.3 Å². The third-order valence-electron chi connectivity index (χ3n) is 5.02. The van der Waals surface area contributed by atoms with E-state index in [4.69, 9.17) is 4.74 Å². The van der Waals surface area contributed by atoms with Gasteiger partial charge in [0.15, 0.2) is 11.0 Å². The van der Waals surface area contributed by atoms with Crippen LogP contribution < -0.4 is 10.1 Å². The summed E-state index contributed by atoms with van der Waals surface area (Å²) in [5, 5.41) is 12.3. The normalized spacial score (nSPS) is 10.6. The van der Waals surface area contributed by atoms with E-state index in [-0.39, 0.29) is 11.7 Å². The van der Waals surface area contributed by atoms with Crippen molar-refractivity contribution in [2.75, 3.05) is 11.1 Å². The fourth-order valence-corrected chi connectivity index (χ4v) is 4.17. The lowest BCUT2D eigenvalue weighted by atomic mass is 10.2. The Balaban J connectivity index is 1.26. The largest absolute Gasteiger partial charge is 0.457 e. The highest BCUT2D eigenvalue weighted by molar-refractivity contribution is 7.99. The number of hydrogen-bond acceptors (Lipinski definition) is 6. The number of aromatic nitrogens is 4. The van der Waals surface area contributed by atoms with E-state index in [2.05, 4.69) is 20.5 Å². The summed E-state index contributed by atoms with van der Waals surface area (Å²) in [5.41, 5.74) is 2.45. The first-order chi connectivity index (χ1) is 17.3. The molecule has 0 radical (unpaired) electrons. The van der Waals surface area contributed by atoms with Gasteiger partial charge in [-0.15, -0.1) is 10.2 Å². The first kappa shape index (κ1) is 22.4. The van der Waals surface area contributed by atoms with Crippen molar-refractivity contribution in [1.82, 2.24) is 19.7 Å². The number of carbonyl (C=O) groups is 1. The Hall–Kier alpha value is -4.43. The first-order valence-electron chi connectivity index (χ1n) is 10.9. The predicted octanol–water partition coefficient (Wildman–Crippen LogP) is 5.85. The summed E-state index contributed by atoms with van der Waals surface area (Å²) in [6, 6.07) is 30.4. The van der Waals surface area contributed by atoms with E-state index in [0.717, 1.165) is 17.0 Å². The smallest absolute Gasteiger partial charge is 0.234 e. The predicted molar refractivity (Wildman–Crippen MR) is 137 cm³/mol. The van der Waals surface area contributed by atoms with Crippen LogP contribution in [0.25, 0.3) is 17.1 Å². The second kappa shape index (κ2) is 10.7. The van der Waals surface area contributed by atoms with E-state index in [1.54, 1.807) is 12.4 Å². The van der Waals surface area contributed by atoms with E-state index < -0.39 is 0 Å². The molecule has 1 N–H and O–H groups in total. The molecule has 3 aromatic carbocycles. The lowest BCUT2D eigenvalue weighted by molar-refractivity contribution is -0.113. The van der Waals surface area contributed by atoms with Crippen molar-refractivity contribution >= 4 is 23.4 Å². The summed E-state index contributed by atoms with van der Waals surface area (Å²) in [7, 11) is 0. The van der Waals surface area contributed by atoms with Gasteiger partial charge in [-0.25, -0.2) is 0 Å². The van der Waals surface area contributed by atoms with Gasteiger partial charge in [0.1, 0.15) is 11.5 Å². The highest BCUT2D eigenvalue weighted by atomic mass is 32.2. The maximum Gasteiger partial charge on any atom is 0.234 e. The highest BCUT2D eigenvalue weighted by Crippen LogP contribution is 2.28. The van der Waals surface area contributed by atoms with Crippen molar-refractivity contribution in [3.63, 3.8) is 0 Å². The van der Waals surface area contributed by atoms with Crippen LogP contribution in [0.4, 0.5) is 5.69 Å². The molecule has 0 unspecified atom stereocenters. The van der Waals surface area contributed by atoms with Crippen molar-refractivity contribution in [2.45, 2.75) is 5.16 Å². The number of hydrogen-bond donors (Lipinski definition) is 1. The molecule has 0 aliphatic rings. The third kappa shape index (κ3) is 5.56. The van der Waals surface area contributed by atoms with E-state index >= 15 is 0 Å². The van der Waals surface area contributed by atoms with E-state index in [1.807, 2.05) is 102 Å². The topological polar surface area (TPSA) is 81.9 Å². The van der Waals surface area contributed by atoms with Gasteiger partial charge < -0.3 is 10.1 Å². The molecule has 2 heterocycles. The van der Waals surface area contributed by atoms with Crippen molar-refractivity contribution in [1.29, 1.82) is 0 Å². The average molecular weight is 480 g/mol. The highest BCUT2D eigenvalue weighted by Gasteiger charge is 2.17. The van der Waals surface area contributed by atoms with Crippen LogP contribution in [0, 0.1) is 0 Å². The molecule has 0 fully saturated rings. The molecule has 0 bridgehead atoms. The molecular weight excluding hydrogens is 458 g/mol. The third-order valence-corrected chi connectivity index (χ3v) is 5.95. The van der Waals surface area contributed by atoms with Crippen LogP contribution in [0.1, 0.15) is 0 Å². The second-order valence-corrected chi connectivity index (χ2v) is 8.44. The summed E-state index contributed by atoms with van der Waals surface area (Å²) in [6.45, 7) is 0. The number of rotatable bonds is 8. The molecule has 0 atom stereocenters. The van der Waals surface area contributed by atoms with Crippen molar-refractivity contribution in [3.05, 3.63) is 109 Å². The Kier molecular flexibility index (Phi) is 6.82. The van der Waals surface area contributed by atoms with Gasteiger partial charge >= 0.3 is 0 Å². The molecule has 0 saturated heterocycles. The molecule has 0 spiro atoms. The molecule has 5 rings (SSSR count). The van der Waals surface area contributed by atoms with Gasteiger partial charge in [0.05, 0.1) is 5.75 Å². The van der Waals surface area contributed by atoms with Gasteiger partial charge in [0.25, 0.3) is 0 Å². The zero-order valence-electron chi connectivity index (χ0n) is 18.6. The standard InChI is InChI=1S/C27H21N5O2S/c33-25(29-21-13-15-24(16-14-21)34-23-11-5-2-6-12-23)19-35-27-31-30-26(20-8-7-17-28-18-20)32(27)22-9-3-1-4-10-22/h1-18H,19H2,(H,29,33). The number of benzene rings is 3. The molecule has 5 aromatic rings. The molecule has 0 saturated carbocycles. The maximum absolute atomic E-state index is 12.7. The first-order valence-corrected chi connectivity index (χ1v) is 11.9. The van der Waals surface area contributed by atoms with Crippen LogP contribution in [0.15, 0.2) is 115 Å². The zero-order valence-corrected chi connectivity index (χ0v) is 19.4. The molecular formula is C27H21N5O2S. The molecule has 0 aliphatic carbocycles. The lowest BCUT2D eigenvalue weighted by Gasteiger charge is -2.10. The fraction of sp³-hybridized carbons (Fsp3) is 0.0370. The molecule has 2 aromatic heterocycles. The number of anilines is 1. The molecule has 7 nitrogen and oxygen atoms in total. The number of para-hydroxylation sites is 2. The number of nitrogens with one attached hydrogen (secondary N) is 1. The Labute approximate surface area is 206 Å². The number of thioether (sulfide) groups is 1. The monoisotopic (exact) mass is 479 g/mol. The number of nitrogens with zero attached hydrogens (tertiary/aromatic N) is 4. The Morgan fingerprint density at radius 2 is 1.54 bits per heavy atom. The Morgan fingerprint density at radius 3 is 2.26 bits per heavy atom. The van der Waals surface area contributed by atoms with Crippen molar-refractivity contribution in [2.24, 2.45) is 0 Å². The van der Waals surface area contributed by atoms with Gasteiger partial charge in [-0.1, -0.05) is 48.2 Å². The zero-order chi connectivity index (χ0) is 23.9. The van der Waals surface area contributed by atoms with Gasteiger partial charge in [-0.2, -0.15) is 0 Å². The SMILES string of the molecule is O=C(CSc1nnc(-c2cccnc2)n1-c1ccccc1)Nc1ccc(Oc2ccccc2)cc1. The van der Waals surface area contributed by atoms with Crippen LogP contribution in [-0.4, -0.2) is 31.4 Å². The minimum absolute atomic E-state index is 0.141. The summed E-state index contributed by atoms with van der Waals surface area (Å²) >= 11 is 1.32. The van der Waals surface area contributed by atoms with Crippen LogP contribution in [0.2, 0.25) is 0 Å². The number of pyridine rings is 1. The lowest BCUT2D eigenvalue weighted by Crippen LogP contribution is -2.14.